The molecule has 2 aromatic heterocycles. The van der Waals surface area contributed by atoms with Gasteiger partial charge in [0.1, 0.15) is 0 Å². The molecule has 0 radical (unpaired) electrons. The molecule has 0 bridgehead atoms. The number of anilines is 1. The first-order valence-corrected chi connectivity index (χ1v) is 7.88. The largest absolute Gasteiger partial charge is 0.343 e. The van der Waals surface area contributed by atoms with E-state index in [0.29, 0.717) is 6.04 Å². The van der Waals surface area contributed by atoms with Crippen LogP contribution in [0.1, 0.15) is 18.2 Å². The van der Waals surface area contributed by atoms with E-state index in [4.69, 9.17) is 0 Å². The highest BCUT2D eigenvalue weighted by atomic mass is 32.1. The number of rotatable bonds is 3. The summed E-state index contributed by atoms with van der Waals surface area (Å²) in [4.78, 5) is 9.54. The number of aryl methyl sites for hydroxylation is 2. The van der Waals surface area contributed by atoms with Gasteiger partial charge in [-0.05, 0) is 13.8 Å². The van der Waals surface area contributed by atoms with Crippen molar-refractivity contribution in [1.29, 1.82) is 0 Å². The van der Waals surface area contributed by atoms with Gasteiger partial charge in [0.05, 0.1) is 11.9 Å². The zero-order valence-electron chi connectivity index (χ0n) is 12.3. The summed E-state index contributed by atoms with van der Waals surface area (Å²) < 4.78 is 1.87. The number of hydrogen-bond acceptors (Lipinski definition) is 5. The van der Waals surface area contributed by atoms with Crippen LogP contribution >= 0.6 is 11.3 Å². The fraction of sp³-hybridized carbons (Fsp3) is 0.571. The molecule has 0 aromatic carbocycles. The highest BCUT2D eigenvalue weighted by molar-refractivity contribution is 7.13. The number of hydrogen-bond donors (Lipinski definition) is 0. The minimum absolute atomic E-state index is 0.506. The summed E-state index contributed by atoms with van der Waals surface area (Å²) in [6.45, 7) is 8.54. The maximum Gasteiger partial charge on any atom is 0.185 e. The van der Waals surface area contributed by atoms with Crippen molar-refractivity contribution in [3.63, 3.8) is 0 Å². The summed E-state index contributed by atoms with van der Waals surface area (Å²) in [6, 6.07) is 0.506. The van der Waals surface area contributed by atoms with Crippen molar-refractivity contribution >= 4 is 16.5 Å². The Bertz CT molecular complexity index is 576. The van der Waals surface area contributed by atoms with Crippen LogP contribution in [0.5, 0.6) is 0 Å². The molecule has 20 heavy (non-hydrogen) atoms. The third-order valence-corrected chi connectivity index (χ3v) is 4.72. The van der Waals surface area contributed by atoms with Gasteiger partial charge in [-0.1, -0.05) is 0 Å². The molecule has 6 heteroatoms. The van der Waals surface area contributed by atoms with Crippen LogP contribution in [0.25, 0.3) is 0 Å². The molecule has 0 saturated carbocycles. The van der Waals surface area contributed by atoms with Crippen molar-refractivity contribution in [3.8, 4) is 0 Å². The van der Waals surface area contributed by atoms with Gasteiger partial charge in [-0.2, -0.15) is 5.10 Å². The Balaban J connectivity index is 1.62. The third kappa shape index (κ3) is 2.86. The average molecular weight is 291 g/mol. The van der Waals surface area contributed by atoms with Gasteiger partial charge in [-0.15, -0.1) is 11.3 Å². The van der Waals surface area contributed by atoms with Crippen molar-refractivity contribution in [2.75, 3.05) is 24.5 Å². The Morgan fingerprint density at radius 3 is 2.85 bits per heavy atom. The maximum atomic E-state index is 4.61. The first-order chi connectivity index (χ1) is 9.61. The zero-order chi connectivity index (χ0) is 14.1. The number of thiazole rings is 1. The van der Waals surface area contributed by atoms with Gasteiger partial charge in [-0.3, -0.25) is 9.58 Å². The van der Waals surface area contributed by atoms with Gasteiger partial charge >= 0.3 is 0 Å². The fourth-order valence-electron chi connectivity index (χ4n) is 2.75. The zero-order valence-corrected chi connectivity index (χ0v) is 13.1. The van der Waals surface area contributed by atoms with E-state index < -0.39 is 0 Å². The second-order valence-corrected chi connectivity index (χ2v) is 6.41. The Kier molecular flexibility index (Phi) is 3.76. The minimum atomic E-state index is 0.506. The molecule has 108 valence electrons. The monoisotopic (exact) mass is 291 g/mol. The molecule has 1 saturated heterocycles. The van der Waals surface area contributed by atoms with E-state index in [1.807, 2.05) is 17.9 Å². The summed E-state index contributed by atoms with van der Waals surface area (Å²) in [5.74, 6) is 0. The van der Waals surface area contributed by atoms with Crippen LogP contribution in [0.4, 0.5) is 5.13 Å². The first-order valence-electron chi connectivity index (χ1n) is 7.00. The van der Waals surface area contributed by atoms with Crippen LogP contribution < -0.4 is 4.90 Å². The van der Waals surface area contributed by atoms with Gasteiger partial charge in [0.15, 0.2) is 5.13 Å². The van der Waals surface area contributed by atoms with Crippen LogP contribution in [-0.4, -0.2) is 45.3 Å². The van der Waals surface area contributed by atoms with Crippen molar-refractivity contribution in [2.24, 2.45) is 7.05 Å². The van der Waals surface area contributed by atoms with Gasteiger partial charge in [0.2, 0.25) is 0 Å². The Morgan fingerprint density at radius 1 is 1.40 bits per heavy atom. The molecule has 3 heterocycles. The molecule has 0 spiro atoms. The molecule has 3 rings (SSSR count). The molecule has 2 aromatic rings. The van der Waals surface area contributed by atoms with E-state index >= 15 is 0 Å². The van der Waals surface area contributed by atoms with E-state index in [-0.39, 0.29) is 0 Å². The van der Waals surface area contributed by atoms with Gasteiger partial charge in [0, 0.05) is 56.4 Å². The van der Waals surface area contributed by atoms with Crippen molar-refractivity contribution < 1.29 is 0 Å². The summed E-state index contributed by atoms with van der Waals surface area (Å²) >= 11 is 1.75. The first kappa shape index (κ1) is 13.6. The molecule has 1 aliphatic rings. The number of piperazine rings is 1. The van der Waals surface area contributed by atoms with E-state index in [1.165, 1.54) is 5.56 Å². The molecular weight excluding hydrogens is 270 g/mol. The number of aromatic nitrogens is 3. The van der Waals surface area contributed by atoms with E-state index in [2.05, 4.69) is 45.3 Å². The predicted octanol–water partition coefficient (Wildman–Crippen LogP) is 1.90. The summed E-state index contributed by atoms with van der Waals surface area (Å²) in [6.07, 6.45) is 4.06. The van der Waals surface area contributed by atoms with E-state index in [1.54, 1.807) is 11.3 Å². The van der Waals surface area contributed by atoms with E-state index in [9.17, 15) is 0 Å². The third-order valence-electron chi connectivity index (χ3n) is 3.73. The Labute approximate surface area is 123 Å². The second kappa shape index (κ2) is 5.54. The lowest BCUT2D eigenvalue weighted by Gasteiger charge is -2.39. The molecule has 0 unspecified atom stereocenters. The Morgan fingerprint density at radius 2 is 2.25 bits per heavy atom. The number of nitrogens with zero attached hydrogens (tertiary/aromatic N) is 5. The van der Waals surface area contributed by atoms with Crippen LogP contribution in [0.3, 0.4) is 0 Å². The average Bonchev–Trinajstić information content (AvgIpc) is 2.99. The molecule has 0 N–H and O–H groups in total. The SMILES string of the molecule is Cc1csc(N2CCN(Cc3cnn(C)c3)C[C@H]2C)n1. The summed E-state index contributed by atoms with van der Waals surface area (Å²) in [5.41, 5.74) is 2.41. The quantitative estimate of drug-likeness (QED) is 0.865. The molecule has 0 aliphatic carbocycles. The molecular formula is C14H21N5S. The van der Waals surface area contributed by atoms with Gasteiger partial charge in [-0.25, -0.2) is 4.98 Å². The molecule has 5 nitrogen and oxygen atoms in total. The highest BCUT2D eigenvalue weighted by Crippen LogP contribution is 2.24. The lowest BCUT2D eigenvalue weighted by atomic mass is 10.2. The van der Waals surface area contributed by atoms with Crippen molar-refractivity contribution in [2.45, 2.75) is 26.4 Å². The van der Waals surface area contributed by atoms with Crippen LogP contribution in [0.2, 0.25) is 0 Å². The van der Waals surface area contributed by atoms with E-state index in [0.717, 1.165) is 37.0 Å². The van der Waals surface area contributed by atoms with Crippen molar-refractivity contribution in [1.82, 2.24) is 19.7 Å². The van der Waals surface area contributed by atoms with Crippen LogP contribution in [0, 0.1) is 6.92 Å². The normalized spacial score (nSPS) is 20.6. The standard InChI is InChI=1S/C14H21N5S/c1-11-10-20-14(16-11)19-5-4-18(7-12(19)2)9-13-6-15-17(3)8-13/h6,8,10,12H,4-5,7,9H2,1-3H3/t12-/m1/s1. The summed E-state index contributed by atoms with van der Waals surface area (Å²) in [7, 11) is 1.97. The molecule has 0 amide bonds. The second-order valence-electron chi connectivity index (χ2n) is 5.57. The Hall–Kier alpha value is -1.40. The molecule has 1 atom stereocenters. The van der Waals surface area contributed by atoms with Gasteiger partial charge in [0.25, 0.3) is 0 Å². The maximum absolute atomic E-state index is 4.61. The fourth-order valence-corrected chi connectivity index (χ4v) is 3.68. The lowest BCUT2D eigenvalue weighted by molar-refractivity contribution is 0.221. The predicted molar refractivity (Wildman–Crippen MR) is 82.1 cm³/mol. The van der Waals surface area contributed by atoms with Crippen molar-refractivity contribution in [3.05, 3.63) is 29.0 Å². The van der Waals surface area contributed by atoms with Crippen LogP contribution in [-0.2, 0) is 13.6 Å². The minimum Gasteiger partial charge on any atom is -0.343 e. The van der Waals surface area contributed by atoms with Crippen LogP contribution in [0.15, 0.2) is 17.8 Å². The topological polar surface area (TPSA) is 37.2 Å². The van der Waals surface area contributed by atoms with Gasteiger partial charge < -0.3 is 4.90 Å². The summed E-state index contributed by atoms with van der Waals surface area (Å²) in [5, 5.41) is 7.53. The smallest absolute Gasteiger partial charge is 0.185 e. The highest BCUT2D eigenvalue weighted by Gasteiger charge is 2.25. The lowest BCUT2D eigenvalue weighted by Crippen LogP contribution is -2.51. The molecule has 1 fully saturated rings. The molecule has 1 aliphatic heterocycles.